The zero-order valence-corrected chi connectivity index (χ0v) is 15.6. The molecule has 0 saturated carbocycles. The summed E-state index contributed by atoms with van der Waals surface area (Å²) in [5.41, 5.74) is 1.46. The summed E-state index contributed by atoms with van der Waals surface area (Å²) in [6.45, 7) is 1.72. The summed E-state index contributed by atoms with van der Waals surface area (Å²) < 4.78 is 5.69. The van der Waals surface area contributed by atoms with Crippen LogP contribution >= 0.6 is 34.5 Å². The highest BCUT2D eigenvalue weighted by molar-refractivity contribution is 7.14. The van der Waals surface area contributed by atoms with E-state index in [9.17, 15) is 4.79 Å². The zero-order chi connectivity index (χ0) is 17.8. The molecular formula is C18H14Cl2N2O2S. The number of aromatic nitrogens is 1. The molecule has 0 spiro atoms. The second-order valence-electron chi connectivity index (χ2n) is 5.15. The number of benzene rings is 2. The van der Waals surface area contributed by atoms with Crippen molar-refractivity contribution in [2.75, 3.05) is 4.90 Å². The van der Waals surface area contributed by atoms with Crippen molar-refractivity contribution >= 4 is 51.3 Å². The molecule has 1 aromatic heterocycles. The number of carbonyl (C=O) groups is 1. The number of hydrogen-bond acceptors (Lipinski definition) is 4. The van der Waals surface area contributed by atoms with Gasteiger partial charge in [0.25, 0.3) is 0 Å². The molecule has 0 aliphatic rings. The van der Waals surface area contributed by atoms with Crippen molar-refractivity contribution in [1.29, 1.82) is 0 Å². The molecule has 2 aromatic carbocycles. The van der Waals surface area contributed by atoms with E-state index in [0.717, 1.165) is 5.69 Å². The minimum absolute atomic E-state index is 0.109. The summed E-state index contributed by atoms with van der Waals surface area (Å²) in [6, 6.07) is 14.6. The van der Waals surface area contributed by atoms with E-state index >= 15 is 0 Å². The number of carbonyl (C=O) groups excluding carboxylic acids is 1. The number of amides is 1. The number of ether oxygens (including phenoxy) is 1. The first-order chi connectivity index (χ1) is 12.1. The lowest BCUT2D eigenvalue weighted by Crippen LogP contribution is -2.22. The topological polar surface area (TPSA) is 42.4 Å². The molecule has 0 aliphatic heterocycles. The lowest BCUT2D eigenvalue weighted by atomic mass is 10.3. The van der Waals surface area contributed by atoms with Crippen LogP contribution in [0.25, 0.3) is 0 Å². The number of nitrogens with zero attached hydrogens (tertiary/aromatic N) is 2. The molecular weight excluding hydrogens is 379 g/mol. The van der Waals surface area contributed by atoms with Crippen LogP contribution in [0.2, 0.25) is 10.0 Å². The number of thiazole rings is 1. The Morgan fingerprint density at radius 3 is 2.44 bits per heavy atom. The second kappa shape index (κ2) is 7.87. The van der Waals surface area contributed by atoms with E-state index in [0.29, 0.717) is 26.6 Å². The summed E-state index contributed by atoms with van der Waals surface area (Å²) >= 11 is 13.6. The van der Waals surface area contributed by atoms with E-state index in [4.69, 9.17) is 27.9 Å². The first kappa shape index (κ1) is 17.7. The van der Waals surface area contributed by atoms with Crippen LogP contribution in [0.5, 0.6) is 5.75 Å². The molecule has 7 heteroatoms. The van der Waals surface area contributed by atoms with Gasteiger partial charge in [-0.15, -0.1) is 11.3 Å². The van der Waals surface area contributed by atoms with Crippen molar-refractivity contribution in [3.05, 3.63) is 69.7 Å². The van der Waals surface area contributed by atoms with Crippen molar-refractivity contribution in [3.8, 4) is 5.75 Å². The lowest BCUT2D eigenvalue weighted by molar-refractivity contribution is -0.115. The molecule has 0 aliphatic carbocycles. The minimum Gasteiger partial charge on any atom is -0.484 e. The van der Waals surface area contributed by atoms with Gasteiger partial charge < -0.3 is 4.74 Å². The fourth-order valence-corrected chi connectivity index (χ4v) is 3.61. The molecule has 0 atom stereocenters. The van der Waals surface area contributed by atoms with Crippen LogP contribution in [-0.4, -0.2) is 10.9 Å². The quantitative estimate of drug-likeness (QED) is 0.557. The molecule has 3 aromatic rings. The van der Waals surface area contributed by atoms with Gasteiger partial charge in [-0.25, -0.2) is 4.98 Å². The van der Waals surface area contributed by atoms with Gasteiger partial charge in [0.15, 0.2) is 10.9 Å². The largest absolute Gasteiger partial charge is 0.484 e. The zero-order valence-electron chi connectivity index (χ0n) is 13.3. The predicted molar refractivity (Wildman–Crippen MR) is 102 cm³/mol. The number of para-hydroxylation sites is 2. The van der Waals surface area contributed by atoms with E-state index in [-0.39, 0.29) is 12.5 Å². The van der Waals surface area contributed by atoms with E-state index < -0.39 is 0 Å². The summed E-state index contributed by atoms with van der Waals surface area (Å²) in [4.78, 5) is 18.1. The van der Waals surface area contributed by atoms with Gasteiger partial charge >= 0.3 is 0 Å². The first-order valence-electron chi connectivity index (χ1n) is 7.43. The molecule has 0 bridgehead atoms. The van der Waals surface area contributed by atoms with E-state index in [1.807, 2.05) is 35.7 Å². The molecule has 0 unspecified atom stereocenters. The summed E-state index contributed by atoms with van der Waals surface area (Å²) in [7, 11) is 0. The van der Waals surface area contributed by atoms with Gasteiger partial charge in [-0.2, -0.15) is 0 Å². The monoisotopic (exact) mass is 392 g/mol. The van der Waals surface area contributed by atoms with Crippen molar-refractivity contribution in [3.63, 3.8) is 0 Å². The predicted octanol–water partition coefficient (Wildman–Crippen LogP) is 5.71. The Morgan fingerprint density at radius 2 is 1.80 bits per heavy atom. The van der Waals surface area contributed by atoms with Gasteiger partial charge in [0, 0.05) is 12.3 Å². The third-order valence-corrected chi connectivity index (χ3v) is 4.81. The molecule has 0 N–H and O–H groups in total. The average molecular weight is 393 g/mol. The van der Waals surface area contributed by atoms with Crippen molar-refractivity contribution in [2.45, 2.75) is 13.5 Å². The Balaban J connectivity index is 1.78. The number of rotatable bonds is 5. The maximum atomic E-state index is 12.0. The van der Waals surface area contributed by atoms with Crippen LogP contribution < -0.4 is 9.64 Å². The molecule has 0 saturated heterocycles. The van der Waals surface area contributed by atoms with Crippen LogP contribution in [0, 0.1) is 0 Å². The Hall–Kier alpha value is -2.08. The van der Waals surface area contributed by atoms with Crippen molar-refractivity contribution in [1.82, 2.24) is 4.98 Å². The number of hydrogen-bond donors (Lipinski definition) is 0. The summed E-state index contributed by atoms with van der Waals surface area (Å²) in [5, 5.41) is 3.32. The molecule has 4 nitrogen and oxygen atoms in total. The maximum Gasteiger partial charge on any atom is 0.230 e. The normalized spacial score (nSPS) is 10.5. The smallest absolute Gasteiger partial charge is 0.230 e. The lowest BCUT2D eigenvalue weighted by Gasteiger charge is -2.17. The molecule has 0 fully saturated rings. The highest BCUT2D eigenvalue weighted by Gasteiger charge is 2.18. The number of halogens is 2. The highest BCUT2D eigenvalue weighted by Crippen LogP contribution is 2.34. The van der Waals surface area contributed by atoms with Crippen molar-refractivity contribution in [2.24, 2.45) is 0 Å². The van der Waals surface area contributed by atoms with Gasteiger partial charge in [0.1, 0.15) is 6.61 Å². The molecule has 128 valence electrons. The van der Waals surface area contributed by atoms with Crippen LogP contribution in [0.3, 0.4) is 0 Å². The van der Waals surface area contributed by atoms with Crippen molar-refractivity contribution < 1.29 is 9.53 Å². The first-order valence-corrected chi connectivity index (χ1v) is 9.07. The van der Waals surface area contributed by atoms with E-state index in [2.05, 4.69) is 4.98 Å². The van der Waals surface area contributed by atoms with Crippen LogP contribution in [0.4, 0.5) is 10.8 Å². The molecule has 3 rings (SSSR count). The maximum absolute atomic E-state index is 12.0. The Bertz CT molecular complexity index is 864. The van der Waals surface area contributed by atoms with Gasteiger partial charge in [-0.05, 0) is 24.3 Å². The molecule has 25 heavy (non-hydrogen) atoms. The third kappa shape index (κ3) is 4.12. The summed E-state index contributed by atoms with van der Waals surface area (Å²) in [6.07, 6.45) is 0. The Labute approximate surface area is 159 Å². The third-order valence-electron chi connectivity index (χ3n) is 3.34. The van der Waals surface area contributed by atoms with E-state index in [1.54, 1.807) is 23.1 Å². The van der Waals surface area contributed by atoms with Gasteiger partial charge in [-0.1, -0.05) is 47.5 Å². The van der Waals surface area contributed by atoms with Crippen LogP contribution in [-0.2, 0) is 11.4 Å². The second-order valence-corrected chi connectivity index (χ2v) is 6.80. The average Bonchev–Trinajstić information content (AvgIpc) is 3.03. The fraction of sp³-hybridized carbons (Fsp3) is 0.111. The highest BCUT2D eigenvalue weighted by atomic mass is 35.5. The molecule has 1 heterocycles. The SMILES string of the molecule is CC(=O)N(c1ccccc1)c1nc(COc2c(Cl)cccc2Cl)cs1. The van der Waals surface area contributed by atoms with E-state index in [1.165, 1.54) is 18.3 Å². The molecule has 0 radical (unpaired) electrons. The standard InChI is InChI=1S/C18H14Cl2N2O2S/c1-12(23)22(14-6-3-2-4-7-14)18-21-13(11-25-18)10-24-17-15(19)8-5-9-16(17)20/h2-9,11H,10H2,1H3. The van der Waals surface area contributed by atoms with Gasteiger partial charge in [-0.3, -0.25) is 9.69 Å². The summed E-state index contributed by atoms with van der Waals surface area (Å²) in [5.74, 6) is 0.314. The fourth-order valence-electron chi connectivity index (χ4n) is 2.24. The van der Waals surface area contributed by atoms with Gasteiger partial charge in [0.2, 0.25) is 5.91 Å². The minimum atomic E-state index is -0.109. The molecule has 1 amide bonds. The van der Waals surface area contributed by atoms with Crippen LogP contribution in [0.15, 0.2) is 53.9 Å². The number of anilines is 2. The Kier molecular flexibility index (Phi) is 5.58. The Morgan fingerprint density at radius 1 is 1.12 bits per heavy atom. The van der Waals surface area contributed by atoms with Gasteiger partial charge in [0.05, 0.1) is 21.4 Å². The van der Waals surface area contributed by atoms with Crippen LogP contribution in [0.1, 0.15) is 12.6 Å².